The van der Waals surface area contributed by atoms with Gasteiger partial charge in [0.2, 0.25) is 0 Å². The number of aliphatic hydroxyl groups excluding tert-OH is 2. The van der Waals surface area contributed by atoms with Crippen molar-refractivity contribution >= 4 is 17.3 Å². The molecule has 0 fully saturated rings. The number of hydrogen-bond acceptors (Lipinski definition) is 5. The number of nitrogens with one attached hydrogen (secondary N) is 1. The zero-order valence-corrected chi connectivity index (χ0v) is 10.6. The predicted octanol–water partition coefficient (Wildman–Crippen LogP) is -0.264. The van der Waals surface area contributed by atoms with E-state index in [4.69, 9.17) is 15.9 Å². The van der Waals surface area contributed by atoms with Gasteiger partial charge in [-0.3, -0.25) is 4.79 Å². The van der Waals surface area contributed by atoms with Crippen LogP contribution in [-0.4, -0.2) is 54.4 Å². The quantitative estimate of drug-likeness (QED) is 0.542. The molecule has 1 aromatic rings. The highest BCUT2D eigenvalue weighted by Crippen LogP contribution is 2.21. The van der Waals surface area contributed by atoms with Gasteiger partial charge < -0.3 is 26.2 Å². The largest absolute Gasteiger partial charge is 0.397 e. The van der Waals surface area contributed by atoms with E-state index >= 15 is 0 Å². The lowest BCUT2D eigenvalue weighted by molar-refractivity contribution is 0.0827. The minimum Gasteiger partial charge on any atom is -0.397 e. The number of carbonyl (C=O) groups excluding carboxylic acids is 1. The van der Waals surface area contributed by atoms with Gasteiger partial charge in [-0.25, -0.2) is 0 Å². The second kappa shape index (κ2) is 6.23. The van der Waals surface area contributed by atoms with Gasteiger partial charge in [-0.05, 0) is 18.2 Å². The maximum Gasteiger partial charge on any atom is 0.253 e. The number of nitrogen functional groups attached to an aromatic ring is 1. The van der Waals surface area contributed by atoms with Crippen molar-refractivity contribution in [3.8, 4) is 0 Å². The number of benzene rings is 1. The van der Waals surface area contributed by atoms with E-state index in [-0.39, 0.29) is 19.1 Å². The van der Waals surface area contributed by atoms with E-state index in [0.717, 1.165) is 0 Å². The molecule has 1 aromatic carbocycles. The summed E-state index contributed by atoms with van der Waals surface area (Å²) in [5.41, 5.74) is 7.29. The van der Waals surface area contributed by atoms with Crippen LogP contribution in [0.4, 0.5) is 11.4 Å². The normalized spacial score (nSPS) is 10.5. The zero-order valence-electron chi connectivity index (χ0n) is 10.6. The van der Waals surface area contributed by atoms with Gasteiger partial charge in [0.25, 0.3) is 5.91 Å². The molecule has 0 atom stereocenters. The summed E-state index contributed by atoms with van der Waals surface area (Å²) in [6, 6.07) is 4.40. The summed E-state index contributed by atoms with van der Waals surface area (Å²) in [7, 11) is 3.33. The van der Waals surface area contributed by atoms with Crippen molar-refractivity contribution < 1.29 is 15.0 Å². The van der Waals surface area contributed by atoms with Crippen molar-refractivity contribution in [2.75, 3.05) is 38.4 Å². The van der Waals surface area contributed by atoms with Gasteiger partial charge in [-0.1, -0.05) is 0 Å². The van der Waals surface area contributed by atoms with E-state index in [1.165, 1.54) is 4.90 Å². The van der Waals surface area contributed by atoms with E-state index in [1.807, 2.05) is 0 Å². The van der Waals surface area contributed by atoms with E-state index in [9.17, 15) is 4.79 Å². The van der Waals surface area contributed by atoms with Crippen LogP contribution in [0.25, 0.3) is 0 Å². The Labute approximate surface area is 106 Å². The minimum atomic E-state index is -0.470. The number of anilines is 2. The summed E-state index contributed by atoms with van der Waals surface area (Å²) < 4.78 is 0. The maximum atomic E-state index is 11.7. The van der Waals surface area contributed by atoms with Crippen LogP contribution in [0.2, 0.25) is 0 Å². The fourth-order valence-corrected chi connectivity index (χ4v) is 1.45. The van der Waals surface area contributed by atoms with Crippen LogP contribution >= 0.6 is 0 Å². The molecule has 18 heavy (non-hydrogen) atoms. The molecule has 0 aromatic heterocycles. The van der Waals surface area contributed by atoms with Crippen molar-refractivity contribution in [1.29, 1.82) is 0 Å². The van der Waals surface area contributed by atoms with E-state index in [0.29, 0.717) is 16.9 Å². The molecule has 1 rings (SSSR count). The Kier molecular flexibility index (Phi) is 4.94. The van der Waals surface area contributed by atoms with Crippen molar-refractivity contribution in [3.05, 3.63) is 23.8 Å². The van der Waals surface area contributed by atoms with Crippen molar-refractivity contribution in [3.63, 3.8) is 0 Å². The lowest BCUT2D eigenvalue weighted by Crippen LogP contribution is -2.28. The van der Waals surface area contributed by atoms with Gasteiger partial charge in [0, 0.05) is 19.7 Å². The number of aliphatic hydroxyl groups is 2. The van der Waals surface area contributed by atoms with Crippen LogP contribution in [0.5, 0.6) is 0 Å². The molecule has 5 N–H and O–H groups in total. The molecule has 0 saturated carbocycles. The van der Waals surface area contributed by atoms with Gasteiger partial charge in [0.15, 0.2) is 0 Å². The third-order valence-electron chi connectivity index (χ3n) is 2.51. The van der Waals surface area contributed by atoms with Gasteiger partial charge in [0.1, 0.15) is 0 Å². The number of nitrogens with zero attached hydrogens (tertiary/aromatic N) is 1. The minimum absolute atomic E-state index is 0.130. The van der Waals surface area contributed by atoms with Crippen LogP contribution in [0.1, 0.15) is 10.4 Å². The van der Waals surface area contributed by atoms with Gasteiger partial charge in [-0.15, -0.1) is 0 Å². The van der Waals surface area contributed by atoms with Gasteiger partial charge in [0.05, 0.1) is 30.6 Å². The average molecular weight is 253 g/mol. The summed E-state index contributed by atoms with van der Waals surface area (Å²) in [4.78, 5) is 13.2. The number of amides is 1. The molecule has 0 heterocycles. The standard InChI is InChI=1S/C12H19N3O3/c1-15(2)12(18)8-3-4-11(10(13)5-8)14-9(6-16)7-17/h3-5,9,14,16-17H,6-7,13H2,1-2H3. The molecule has 0 radical (unpaired) electrons. The molecule has 0 spiro atoms. The summed E-state index contributed by atoms with van der Waals surface area (Å²) in [5, 5.41) is 20.8. The van der Waals surface area contributed by atoms with Gasteiger partial charge >= 0.3 is 0 Å². The Balaban J connectivity index is 2.89. The third kappa shape index (κ3) is 3.35. The number of carbonyl (C=O) groups is 1. The smallest absolute Gasteiger partial charge is 0.253 e. The van der Waals surface area contributed by atoms with E-state index in [2.05, 4.69) is 5.32 Å². The van der Waals surface area contributed by atoms with E-state index in [1.54, 1.807) is 32.3 Å². The first-order valence-electron chi connectivity index (χ1n) is 5.59. The Hall–Kier alpha value is -1.79. The Morgan fingerprint density at radius 2 is 2.00 bits per heavy atom. The zero-order chi connectivity index (χ0) is 13.7. The third-order valence-corrected chi connectivity index (χ3v) is 2.51. The topological polar surface area (TPSA) is 98.8 Å². The molecule has 0 aliphatic heterocycles. The summed E-state index contributed by atoms with van der Waals surface area (Å²) in [5.74, 6) is -0.130. The summed E-state index contributed by atoms with van der Waals surface area (Å²) >= 11 is 0. The Morgan fingerprint density at radius 1 is 1.39 bits per heavy atom. The van der Waals surface area contributed by atoms with Crippen LogP contribution in [-0.2, 0) is 0 Å². The van der Waals surface area contributed by atoms with Crippen LogP contribution in [0.3, 0.4) is 0 Å². The number of hydrogen-bond donors (Lipinski definition) is 4. The van der Waals surface area contributed by atoms with E-state index < -0.39 is 6.04 Å². The fraction of sp³-hybridized carbons (Fsp3) is 0.417. The summed E-state index contributed by atoms with van der Waals surface area (Å²) in [6.45, 7) is -0.400. The molecule has 1 amide bonds. The molecule has 6 nitrogen and oxygen atoms in total. The lowest BCUT2D eigenvalue weighted by atomic mass is 10.1. The highest BCUT2D eigenvalue weighted by molar-refractivity contribution is 5.95. The monoisotopic (exact) mass is 253 g/mol. The SMILES string of the molecule is CN(C)C(=O)c1ccc(NC(CO)CO)c(N)c1. The number of rotatable bonds is 5. The molecular formula is C12H19N3O3. The molecule has 0 aliphatic carbocycles. The average Bonchev–Trinajstić information content (AvgIpc) is 2.36. The predicted molar refractivity (Wildman–Crippen MR) is 70.5 cm³/mol. The lowest BCUT2D eigenvalue weighted by Gasteiger charge is -2.17. The van der Waals surface area contributed by atoms with Crippen molar-refractivity contribution in [2.45, 2.75) is 6.04 Å². The Bertz CT molecular complexity index is 417. The van der Waals surface area contributed by atoms with Crippen LogP contribution in [0, 0.1) is 0 Å². The van der Waals surface area contributed by atoms with Crippen molar-refractivity contribution in [2.24, 2.45) is 0 Å². The highest BCUT2D eigenvalue weighted by atomic mass is 16.3. The first-order chi connectivity index (χ1) is 8.49. The Morgan fingerprint density at radius 3 is 2.44 bits per heavy atom. The fourth-order valence-electron chi connectivity index (χ4n) is 1.45. The van der Waals surface area contributed by atoms with Crippen LogP contribution in [0.15, 0.2) is 18.2 Å². The molecular weight excluding hydrogens is 234 g/mol. The molecule has 6 heteroatoms. The first kappa shape index (κ1) is 14.3. The van der Waals surface area contributed by atoms with Crippen molar-refractivity contribution in [1.82, 2.24) is 4.90 Å². The summed E-state index contributed by atoms with van der Waals surface area (Å²) in [6.07, 6.45) is 0. The molecule has 100 valence electrons. The first-order valence-corrected chi connectivity index (χ1v) is 5.59. The second-order valence-electron chi connectivity index (χ2n) is 4.21. The molecule has 0 saturated heterocycles. The molecule has 0 bridgehead atoms. The number of nitrogens with two attached hydrogens (primary N) is 1. The van der Waals surface area contributed by atoms with Crippen LogP contribution < -0.4 is 11.1 Å². The maximum absolute atomic E-state index is 11.7. The second-order valence-corrected chi connectivity index (χ2v) is 4.21. The molecule has 0 unspecified atom stereocenters. The highest BCUT2D eigenvalue weighted by Gasteiger charge is 2.12. The van der Waals surface area contributed by atoms with Gasteiger partial charge in [-0.2, -0.15) is 0 Å². The molecule has 0 aliphatic rings.